The summed E-state index contributed by atoms with van der Waals surface area (Å²) >= 11 is 0. The van der Waals surface area contributed by atoms with Gasteiger partial charge in [0.15, 0.2) is 0 Å². The lowest BCUT2D eigenvalue weighted by molar-refractivity contribution is 0.0302. The van der Waals surface area contributed by atoms with E-state index in [0.29, 0.717) is 37.7 Å². The molecule has 0 bridgehead atoms. The number of carbonyl (C=O) groups excluding carboxylic acids is 2. The van der Waals surface area contributed by atoms with Crippen molar-refractivity contribution in [1.29, 1.82) is 0 Å². The van der Waals surface area contributed by atoms with Gasteiger partial charge >= 0.3 is 6.09 Å². The van der Waals surface area contributed by atoms with Crippen molar-refractivity contribution in [3.05, 3.63) is 23.9 Å². The lowest BCUT2D eigenvalue weighted by atomic mass is 10.2. The molecule has 2 amide bonds. The molecule has 120 valence electrons. The molecule has 1 aliphatic heterocycles. The van der Waals surface area contributed by atoms with Gasteiger partial charge in [0.2, 0.25) is 0 Å². The lowest BCUT2D eigenvalue weighted by Gasteiger charge is -2.26. The molecule has 1 fully saturated rings. The van der Waals surface area contributed by atoms with Gasteiger partial charge < -0.3 is 14.4 Å². The Kier molecular flexibility index (Phi) is 4.97. The van der Waals surface area contributed by atoms with E-state index in [4.69, 9.17) is 9.47 Å². The highest BCUT2D eigenvalue weighted by Crippen LogP contribution is 2.12. The molecule has 2 rings (SSSR count). The average molecular weight is 307 g/mol. The van der Waals surface area contributed by atoms with Crippen molar-refractivity contribution < 1.29 is 19.1 Å². The van der Waals surface area contributed by atoms with E-state index in [9.17, 15) is 9.59 Å². The number of pyridine rings is 1. The molecular formula is C15H21N3O4. The highest BCUT2D eigenvalue weighted by molar-refractivity contribution is 5.94. The largest absolute Gasteiger partial charge is 0.444 e. The summed E-state index contributed by atoms with van der Waals surface area (Å²) in [7, 11) is 0. The third-order valence-corrected chi connectivity index (χ3v) is 2.94. The summed E-state index contributed by atoms with van der Waals surface area (Å²) in [6.07, 6.45) is 0.872. The van der Waals surface area contributed by atoms with Gasteiger partial charge in [0.1, 0.15) is 11.4 Å². The first kappa shape index (κ1) is 16.2. The van der Waals surface area contributed by atoms with Crippen LogP contribution in [0, 0.1) is 0 Å². The fourth-order valence-electron chi connectivity index (χ4n) is 1.95. The maximum absolute atomic E-state index is 12.2. The number of amides is 2. The van der Waals surface area contributed by atoms with Gasteiger partial charge in [-0.25, -0.2) is 9.78 Å². The number of nitrogens with one attached hydrogen (secondary N) is 1. The van der Waals surface area contributed by atoms with Gasteiger partial charge in [-0.1, -0.05) is 0 Å². The van der Waals surface area contributed by atoms with E-state index in [2.05, 4.69) is 10.3 Å². The van der Waals surface area contributed by atoms with E-state index < -0.39 is 11.7 Å². The van der Waals surface area contributed by atoms with E-state index in [1.165, 1.54) is 6.20 Å². The fourth-order valence-corrected chi connectivity index (χ4v) is 1.95. The molecule has 1 saturated heterocycles. The predicted octanol–water partition coefficient (Wildman–Crippen LogP) is 1.90. The van der Waals surface area contributed by atoms with Gasteiger partial charge in [-0.05, 0) is 32.9 Å². The number of carbonyl (C=O) groups is 2. The first-order chi connectivity index (χ1) is 10.3. The normalized spacial score (nSPS) is 15.3. The molecule has 0 unspecified atom stereocenters. The zero-order valence-electron chi connectivity index (χ0n) is 13.1. The molecule has 1 aromatic heterocycles. The molecule has 0 spiro atoms. The molecule has 7 nitrogen and oxygen atoms in total. The van der Waals surface area contributed by atoms with Gasteiger partial charge in [-0.3, -0.25) is 10.1 Å². The third-order valence-electron chi connectivity index (χ3n) is 2.94. The van der Waals surface area contributed by atoms with Gasteiger partial charge in [-0.15, -0.1) is 0 Å². The monoisotopic (exact) mass is 307 g/mol. The van der Waals surface area contributed by atoms with Crippen molar-refractivity contribution >= 4 is 17.8 Å². The first-order valence-corrected chi connectivity index (χ1v) is 7.18. The third kappa shape index (κ3) is 4.70. The van der Waals surface area contributed by atoms with Gasteiger partial charge in [0.05, 0.1) is 18.8 Å². The Hall–Kier alpha value is -2.15. The summed E-state index contributed by atoms with van der Waals surface area (Å²) in [6.45, 7) is 7.61. The average Bonchev–Trinajstić information content (AvgIpc) is 2.46. The summed E-state index contributed by atoms with van der Waals surface area (Å²) in [4.78, 5) is 29.7. The van der Waals surface area contributed by atoms with Crippen LogP contribution in [0.15, 0.2) is 18.3 Å². The second-order valence-electron chi connectivity index (χ2n) is 5.96. The number of rotatable bonds is 2. The molecule has 0 radical (unpaired) electrons. The Bertz CT molecular complexity index is 531. The summed E-state index contributed by atoms with van der Waals surface area (Å²) in [5.41, 5.74) is -0.0901. The molecule has 1 aromatic rings. The van der Waals surface area contributed by atoms with E-state index >= 15 is 0 Å². The molecule has 7 heteroatoms. The van der Waals surface area contributed by atoms with Gasteiger partial charge in [0.25, 0.3) is 5.91 Å². The molecule has 0 aromatic carbocycles. The molecule has 0 saturated carbocycles. The maximum atomic E-state index is 12.2. The number of hydrogen-bond acceptors (Lipinski definition) is 5. The lowest BCUT2D eigenvalue weighted by Crippen LogP contribution is -2.40. The summed E-state index contributed by atoms with van der Waals surface area (Å²) in [5.74, 6) is 0.257. The van der Waals surface area contributed by atoms with Crippen LogP contribution in [-0.2, 0) is 9.47 Å². The molecule has 1 N–H and O–H groups in total. The van der Waals surface area contributed by atoms with Crippen LogP contribution in [0.3, 0.4) is 0 Å². The van der Waals surface area contributed by atoms with E-state index in [1.807, 2.05) is 0 Å². The first-order valence-electron chi connectivity index (χ1n) is 7.18. The zero-order chi connectivity index (χ0) is 16.2. The van der Waals surface area contributed by atoms with Gasteiger partial charge in [0, 0.05) is 19.3 Å². The van der Waals surface area contributed by atoms with E-state index in [-0.39, 0.29) is 5.91 Å². The number of anilines is 1. The number of nitrogens with zero attached hydrogens (tertiary/aromatic N) is 2. The minimum atomic E-state index is -0.577. The van der Waals surface area contributed by atoms with Crippen LogP contribution in [0.1, 0.15) is 31.1 Å². The maximum Gasteiger partial charge on any atom is 0.413 e. The predicted molar refractivity (Wildman–Crippen MR) is 80.8 cm³/mol. The Balaban J connectivity index is 1.95. The minimum Gasteiger partial charge on any atom is -0.444 e. The number of hydrogen-bond donors (Lipinski definition) is 1. The second kappa shape index (κ2) is 6.74. The zero-order valence-corrected chi connectivity index (χ0v) is 13.1. The van der Waals surface area contributed by atoms with Crippen LogP contribution in [0.2, 0.25) is 0 Å². The van der Waals surface area contributed by atoms with Crippen molar-refractivity contribution in [2.45, 2.75) is 26.4 Å². The van der Waals surface area contributed by atoms with Crippen LogP contribution in [0.5, 0.6) is 0 Å². The highest BCUT2D eigenvalue weighted by atomic mass is 16.6. The van der Waals surface area contributed by atoms with Crippen LogP contribution in [0.4, 0.5) is 10.6 Å². The second-order valence-corrected chi connectivity index (χ2v) is 5.96. The highest BCUT2D eigenvalue weighted by Gasteiger charge is 2.19. The SMILES string of the molecule is CC(C)(C)OC(=O)Nc1ccc(C(=O)N2CCOCC2)cn1. The number of morpholine rings is 1. The van der Waals surface area contributed by atoms with Crippen LogP contribution >= 0.6 is 0 Å². The minimum absolute atomic E-state index is 0.0837. The number of aromatic nitrogens is 1. The fraction of sp³-hybridized carbons (Fsp3) is 0.533. The van der Waals surface area contributed by atoms with Crippen molar-refractivity contribution in [1.82, 2.24) is 9.88 Å². The molecule has 1 aliphatic rings. The smallest absolute Gasteiger partial charge is 0.413 e. The Morgan fingerprint density at radius 3 is 2.50 bits per heavy atom. The summed E-state index contributed by atoms with van der Waals surface area (Å²) in [5, 5.41) is 2.53. The molecule has 22 heavy (non-hydrogen) atoms. The summed E-state index contributed by atoms with van der Waals surface area (Å²) < 4.78 is 10.4. The van der Waals surface area contributed by atoms with Crippen LogP contribution in [0.25, 0.3) is 0 Å². The van der Waals surface area contributed by atoms with Crippen molar-refractivity contribution in [3.63, 3.8) is 0 Å². The van der Waals surface area contributed by atoms with Crippen molar-refractivity contribution in [3.8, 4) is 0 Å². The molecule has 2 heterocycles. The van der Waals surface area contributed by atoms with E-state index in [0.717, 1.165) is 0 Å². The van der Waals surface area contributed by atoms with E-state index in [1.54, 1.807) is 37.8 Å². The molecule has 0 atom stereocenters. The molecular weight excluding hydrogens is 286 g/mol. The van der Waals surface area contributed by atoms with Crippen molar-refractivity contribution in [2.24, 2.45) is 0 Å². The van der Waals surface area contributed by atoms with Crippen LogP contribution < -0.4 is 5.32 Å². The Labute approximate surface area is 129 Å². The Morgan fingerprint density at radius 1 is 1.27 bits per heavy atom. The standard InChI is InChI=1S/C15H21N3O4/c1-15(2,3)22-14(20)17-12-5-4-11(10-16-12)13(19)18-6-8-21-9-7-18/h4-5,10H,6-9H2,1-3H3,(H,16,17,20). The topological polar surface area (TPSA) is 80.8 Å². The van der Waals surface area contributed by atoms with Crippen molar-refractivity contribution in [2.75, 3.05) is 31.6 Å². The number of ether oxygens (including phenoxy) is 2. The summed E-state index contributed by atoms with van der Waals surface area (Å²) in [6, 6.07) is 3.22. The Morgan fingerprint density at radius 2 is 1.95 bits per heavy atom. The van der Waals surface area contributed by atoms with Crippen LogP contribution in [-0.4, -0.2) is 53.8 Å². The quantitative estimate of drug-likeness (QED) is 0.902. The van der Waals surface area contributed by atoms with Gasteiger partial charge in [-0.2, -0.15) is 0 Å². The molecule has 0 aliphatic carbocycles.